The molecule has 0 aromatic heterocycles. The Hall–Kier alpha value is -0.640. The van der Waals surface area contributed by atoms with E-state index in [9.17, 15) is 4.39 Å². The van der Waals surface area contributed by atoms with Crippen LogP contribution in [-0.2, 0) is 5.41 Å². The highest BCUT2D eigenvalue weighted by Gasteiger charge is 2.23. The molecule has 0 amide bonds. The van der Waals surface area contributed by atoms with Gasteiger partial charge in [0.25, 0.3) is 0 Å². The molecule has 1 rings (SSSR count). The highest BCUT2D eigenvalue weighted by molar-refractivity contribution is 6.30. The Morgan fingerprint density at radius 3 is 2.73 bits per heavy atom. The molecular formula is C11H16ClFN2. The smallest absolute Gasteiger partial charge is 0.127 e. The van der Waals surface area contributed by atoms with Crippen LogP contribution in [0.25, 0.3) is 0 Å². The van der Waals surface area contributed by atoms with Gasteiger partial charge in [-0.1, -0.05) is 25.4 Å². The van der Waals surface area contributed by atoms with Crippen LogP contribution in [0.1, 0.15) is 19.4 Å². The number of benzene rings is 1. The molecule has 0 aliphatic rings. The lowest BCUT2D eigenvalue weighted by Crippen LogP contribution is -2.36. The fraction of sp³-hybridized carbons (Fsp3) is 0.455. The van der Waals surface area contributed by atoms with E-state index in [1.165, 1.54) is 6.07 Å². The molecule has 3 N–H and O–H groups in total. The van der Waals surface area contributed by atoms with Crippen LogP contribution in [-0.4, -0.2) is 13.2 Å². The number of hydrogen-bond donors (Lipinski definition) is 2. The quantitative estimate of drug-likeness (QED) is 0.779. The van der Waals surface area contributed by atoms with E-state index in [0.29, 0.717) is 23.8 Å². The molecule has 0 bridgehead atoms. The first-order chi connectivity index (χ1) is 6.97. The third-order valence-electron chi connectivity index (χ3n) is 2.37. The maximum atomic E-state index is 13.6. The van der Waals surface area contributed by atoms with Crippen LogP contribution in [0.15, 0.2) is 18.2 Å². The molecule has 84 valence electrons. The van der Waals surface area contributed by atoms with Gasteiger partial charge in [-0.15, -0.1) is 0 Å². The minimum absolute atomic E-state index is 0.233. The molecule has 0 spiro atoms. The summed E-state index contributed by atoms with van der Waals surface area (Å²) in [5.41, 5.74) is 5.63. The van der Waals surface area contributed by atoms with E-state index in [4.69, 9.17) is 17.3 Å². The van der Waals surface area contributed by atoms with Crippen molar-refractivity contribution in [1.82, 2.24) is 5.32 Å². The topological polar surface area (TPSA) is 38.0 Å². The molecule has 0 radical (unpaired) electrons. The second-order valence-corrected chi connectivity index (χ2v) is 4.58. The molecule has 0 aliphatic heterocycles. The zero-order valence-corrected chi connectivity index (χ0v) is 9.74. The highest BCUT2D eigenvalue weighted by Crippen LogP contribution is 2.27. The highest BCUT2D eigenvalue weighted by atomic mass is 35.5. The Labute approximate surface area is 94.6 Å². The molecule has 0 atom stereocenters. The lowest BCUT2D eigenvalue weighted by atomic mass is 9.84. The maximum absolute atomic E-state index is 13.6. The largest absolute Gasteiger partial charge is 0.318 e. The second-order valence-electron chi connectivity index (χ2n) is 4.14. The van der Waals surface area contributed by atoms with Crippen LogP contribution < -0.4 is 11.1 Å². The minimum Gasteiger partial charge on any atom is -0.318 e. The molecule has 2 nitrogen and oxygen atoms in total. The summed E-state index contributed by atoms with van der Waals surface area (Å²) in [5.74, 6) is -0.233. The van der Waals surface area contributed by atoms with Gasteiger partial charge in [-0.2, -0.15) is 0 Å². The SMILES string of the molecule is CC(C)(CNCN)c1cc(Cl)ccc1F. The van der Waals surface area contributed by atoms with Crippen molar-refractivity contribution in [3.63, 3.8) is 0 Å². The molecule has 0 heterocycles. The average molecular weight is 231 g/mol. The number of rotatable bonds is 4. The van der Waals surface area contributed by atoms with Crippen molar-refractivity contribution >= 4 is 11.6 Å². The fourth-order valence-electron chi connectivity index (χ4n) is 1.50. The summed E-state index contributed by atoms with van der Waals surface area (Å²) < 4.78 is 13.6. The molecule has 0 fully saturated rings. The first-order valence-electron chi connectivity index (χ1n) is 4.83. The molecule has 1 aromatic rings. The van der Waals surface area contributed by atoms with Gasteiger partial charge in [0.15, 0.2) is 0 Å². The van der Waals surface area contributed by atoms with Crippen molar-refractivity contribution in [2.24, 2.45) is 5.73 Å². The van der Waals surface area contributed by atoms with Crippen LogP contribution in [0.5, 0.6) is 0 Å². The van der Waals surface area contributed by atoms with Crippen molar-refractivity contribution < 1.29 is 4.39 Å². The number of nitrogens with one attached hydrogen (secondary N) is 1. The van der Waals surface area contributed by atoms with Crippen LogP contribution in [0.4, 0.5) is 4.39 Å². The molecule has 0 aliphatic carbocycles. The lowest BCUT2D eigenvalue weighted by molar-refractivity contribution is 0.448. The van der Waals surface area contributed by atoms with Crippen LogP contribution in [0, 0.1) is 5.82 Å². The van der Waals surface area contributed by atoms with Crippen molar-refractivity contribution in [2.45, 2.75) is 19.3 Å². The van der Waals surface area contributed by atoms with Crippen LogP contribution in [0.2, 0.25) is 5.02 Å². The van der Waals surface area contributed by atoms with E-state index in [0.717, 1.165) is 0 Å². The zero-order chi connectivity index (χ0) is 11.5. The molecule has 0 unspecified atom stereocenters. The van der Waals surface area contributed by atoms with Crippen molar-refractivity contribution in [3.8, 4) is 0 Å². The standard InChI is InChI=1S/C11H16ClFN2/c1-11(2,6-15-7-14)9-5-8(12)3-4-10(9)13/h3-5,15H,6-7,14H2,1-2H3. The predicted octanol–water partition coefficient (Wildman–Crippen LogP) is 2.26. The van der Waals surface area contributed by atoms with Gasteiger partial charge in [-0.3, -0.25) is 0 Å². The molecule has 0 saturated heterocycles. The van der Waals surface area contributed by atoms with Crippen molar-refractivity contribution in [3.05, 3.63) is 34.6 Å². The monoisotopic (exact) mass is 230 g/mol. The zero-order valence-electron chi connectivity index (χ0n) is 8.98. The Bertz CT molecular complexity index is 339. The molecular weight excluding hydrogens is 215 g/mol. The van der Waals surface area contributed by atoms with E-state index in [1.807, 2.05) is 13.8 Å². The van der Waals surface area contributed by atoms with Gasteiger partial charge in [-0.05, 0) is 23.8 Å². The van der Waals surface area contributed by atoms with E-state index < -0.39 is 0 Å². The van der Waals surface area contributed by atoms with Crippen LogP contribution in [0.3, 0.4) is 0 Å². The van der Waals surface area contributed by atoms with Gasteiger partial charge in [0.05, 0.1) is 0 Å². The first kappa shape index (κ1) is 12.4. The van der Waals surface area contributed by atoms with E-state index in [-0.39, 0.29) is 11.2 Å². The normalized spacial score (nSPS) is 11.8. The van der Waals surface area contributed by atoms with Gasteiger partial charge in [-0.25, -0.2) is 4.39 Å². The van der Waals surface area contributed by atoms with Crippen molar-refractivity contribution in [2.75, 3.05) is 13.2 Å². The summed E-state index contributed by atoms with van der Waals surface area (Å²) in [4.78, 5) is 0. The summed E-state index contributed by atoms with van der Waals surface area (Å²) in [6.07, 6.45) is 0. The van der Waals surface area contributed by atoms with Crippen LogP contribution >= 0.6 is 11.6 Å². The minimum atomic E-state index is -0.325. The predicted molar refractivity (Wildman–Crippen MR) is 61.5 cm³/mol. The van der Waals surface area contributed by atoms with E-state index >= 15 is 0 Å². The van der Waals surface area contributed by atoms with Gasteiger partial charge >= 0.3 is 0 Å². The Balaban J connectivity index is 2.97. The molecule has 4 heteroatoms. The Morgan fingerprint density at radius 2 is 2.13 bits per heavy atom. The van der Waals surface area contributed by atoms with Gasteiger partial charge in [0.2, 0.25) is 0 Å². The summed E-state index contributed by atoms with van der Waals surface area (Å²) in [6.45, 7) is 4.89. The Kier molecular flexibility index (Phi) is 4.08. The first-order valence-corrected chi connectivity index (χ1v) is 5.21. The third-order valence-corrected chi connectivity index (χ3v) is 2.60. The number of hydrogen-bond acceptors (Lipinski definition) is 2. The number of nitrogens with two attached hydrogens (primary N) is 1. The molecule has 15 heavy (non-hydrogen) atoms. The summed E-state index contributed by atoms with van der Waals surface area (Å²) in [5, 5.41) is 3.55. The lowest BCUT2D eigenvalue weighted by Gasteiger charge is -2.26. The van der Waals surface area contributed by atoms with Gasteiger partial charge in [0.1, 0.15) is 5.82 Å². The summed E-state index contributed by atoms with van der Waals surface area (Å²) in [7, 11) is 0. The van der Waals surface area contributed by atoms with Gasteiger partial charge < -0.3 is 11.1 Å². The maximum Gasteiger partial charge on any atom is 0.127 e. The molecule has 1 aromatic carbocycles. The van der Waals surface area contributed by atoms with Gasteiger partial charge in [0, 0.05) is 23.7 Å². The fourth-order valence-corrected chi connectivity index (χ4v) is 1.67. The average Bonchev–Trinajstić information content (AvgIpc) is 2.18. The van der Waals surface area contributed by atoms with E-state index in [1.54, 1.807) is 12.1 Å². The second kappa shape index (κ2) is 4.92. The summed E-state index contributed by atoms with van der Waals surface area (Å²) >= 11 is 5.85. The number of halogens is 2. The molecule has 0 saturated carbocycles. The van der Waals surface area contributed by atoms with E-state index in [2.05, 4.69) is 5.32 Å². The van der Waals surface area contributed by atoms with Crippen molar-refractivity contribution in [1.29, 1.82) is 0 Å². The Morgan fingerprint density at radius 1 is 1.47 bits per heavy atom. The summed E-state index contributed by atoms with van der Waals surface area (Å²) in [6, 6.07) is 4.60. The third kappa shape index (κ3) is 3.16.